The van der Waals surface area contributed by atoms with Gasteiger partial charge in [0, 0.05) is 25.7 Å². The molecule has 1 aliphatic heterocycles. The van der Waals surface area contributed by atoms with E-state index in [4.69, 9.17) is 16.3 Å². The molecule has 2 rings (SSSR count). The van der Waals surface area contributed by atoms with Crippen LogP contribution in [0.2, 0.25) is 5.02 Å². The summed E-state index contributed by atoms with van der Waals surface area (Å²) in [5.74, 6) is -1.37. The summed E-state index contributed by atoms with van der Waals surface area (Å²) in [6, 6.07) is 1.89. The van der Waals surface area contributed by atoms with Crippen LogP contribution < -0.4 is 5.32 Å². The van der Waals surface area contributed by atoms with Crippen LogP contribution in [-0.2, 0) is 4.74 Å². The lowest BCUT2D eigenvalue weighted by atomic mass is 10.2. The lowest BCUT2D eigenvalue weighted by Gasteiger charge is -2.30. The third kappa shape index (κ3) is 3.31. The predicted octanol–water partition coefficient (Wildman–Crippen LogP) is 2.36. The molecule has 1 atom stereocenters. The molecule has 0 aliphatic carbocycles. The van der Waals surface area contributed by atoms with E-state index in [-0.39, 0.29) is 16.8 Å². The van der Waals surface area contributed by atoms with E-state index >= 15 is 0 Å². The number of anilines is 1. The summed E-state index contributed by atoms with van der Waals surface area (Å²) in [6.07, 6.45) is -0.0238. The third-order valence-corrected chi connectivity index (χ3v) is 3.15. The van der Waals surface area contributed by atoms with Crippen molar-refractivity contribution >= 4 is 17.3 Å². The summed E-state index contributed by atoms with van der Waals surface area (Å²) in [4.78, 5) is 2.14. The highest BCUT2D eigenvalue weighted by molar-refractivity contribution is 6.33. The van der Waals surface area contributed by atoms with Crippen LogP contribution >= 0.6 is 11.6 Å². The van der Waals surface area contributed by atoms with Crippen molar-refractivity contribution in [3.63, 3.8) is 0 Å². The van der Waals surface area contributed by atoms with Crippen LogP contribution in [0.25, 0.3) is 0 Å². The van der Waals surface area contributed by atoms with Crippen molar-refractivity contribution in [1.82, 2.24) is 4.90 Å². The maximum absolute atomic E-state index is 13.5. The van der Waals surface area contributed by atoms with Crippen molar-refractivity contribution in [1.29, 1.82) is 0 Å². The largest absolute Gasteiger partial charge is 0.379 e. The number of ether oxygens (including phenoxy) is 1. The van der Waals surface area contributed by atoms with Crippen LogP contribution in [0.3, 0.4) is 0 Å². The maximum Gasteiger partial charge on any atom is 0.150 e. The molecular formula is C12H15ClF2N2O. The molecule has 6 heteroatoms. The summed E-state index contributed by atoms with van der Waals surface area (Å²) in [5, 5.41) is 2.91. The van der Waals surface area contributed by atoms with Gasteiger partial charge in [0.25, 0.3) is 0 Å². The van der Waals surface area contributed by atoms with E-state index in [0.717, 1.165) is 25.2 Å². The van der Waals surface area contributed by atoms with Gasteiger partial charge in [-0.1, -0.05) is 11.6 Å². The fourth-order valence-corrected chi connectivity index (χ4v) is 2.18. The Balaban J connectivity index is 1.97. The molecule has 0 radical (unpaired) electrons. The number of morpholine rings is 1. The summed E-state index contributed by atoms with van der Waals surface area (Å²) in [6.45, 7) is 2.75. The zero-order valence-electron chi connectivity index (χ0n) is 10.0. The maximum atomic E-state index is 13.5. The van der Waals surface area contributed by atoms with Crippen molar-refractivity contribution in [2.45, 2.75) is 6.10 Å². The molecule has 1 aliphatic rings. The van der Waals surface area contributed by atoms with Crippen molar-refractivity contribution < 1.29 is 13.5 Å². The van der Waals surface area contributed by atoms with Crippen LogP contribution in [-0.4, -0.2) is 44.3 Å². The molecule has 1 aromatic rings. The van der Waals surface area contributed by atoms with E-state index < -0.39 is 11.6 Å². The van der Waals surface area contributed by atoms with Crippen LogP contribution in [0.15, 0.2) is 12.1 Å². The molecule has 3 nitrogen and oxygen atoms in total. The molecule has 1 heterocycles. The average molecular weight is 277 g/mol. The molecule has 100 valence electrons. The fourth-order valence-electron chi connectivity index (χ4n) is 1.92. The summed E-state index contributed by atoms with van der Waals surface area (Å²) < 4.78 is 31.9. The quantitative estimate of drug-likeness (QED) is 0.917. The van der Waals surface area contributed by atoms with E-state index in [1.165, 1.54) is 0 Å². The van der Waals surface area contributed by atoms with Gasteiger partial charge in [-0.15, -0.1) is 0 Å². The molecule has 18 heavy (non-hydrogen) atoms. The Morgan fingerprint density at radius 1 is 1.50 bits per heavy atom. The number of likely N-dealkylation sites (N-methyl/N-ethyl adjacent to an activating group) is 1. The summed E-state index contributed by atoms with van der Waals surface area (Å²) in [5.41, 5.74) is 0.120. The molecular weight excluding hydrogens is 262 g/mol. The average Bonchev–Trinajstić information content (AvgIpc) is 2.27. The second-order valence-electron chi connectivity index (χ2n) is 4.38. The molecule has 0 spiro atoms. The van der Waals surface area contributed by atoms with Gasteiger partial charge in [-0.3, -0.25) is 0 Å². The van der Waals surface area contributed by atoms with Crippen molar-refractivity contribution in [2.75, 3.05) is 38.6 Å². The molecule has 1 unspecified atom stereocenters. The Kier molecular flexibility index (Phi) is 4.37. The van der Waals surface area contributed by atoms with Gasteiger partial charge in [0.05, 0.1) is 23.4 Å². The topological polar surface area (TPSA) is 24.5 Å². The molecule has 1 saturated heterocycles. The van der Waals surface area contributed by atoms with E-state index in [2.05, 4.69) is 10.2 Å². The monoisotopic (exact) mass is 276 g/mol. The molecule has 1 aromatic carbocycles. The Morgan fingerprint density at radius 3 is 2.94 bits per heavy atom. The highest BCUT2D eigenvalue weighted by Crippen LogP contribution is 2.26. The SMILES string of the molecule is CN1CCOC(CNc2c(F)cc(F)cc2Cl)C1. The number of hydrogen-bond donors (Lipinski definition) is 1. The lowest BCUT2D eigenvalue weighted by Crippen LogP contribution is -2.43. The second kappa shape index (κ2) is 5.82. The standard InChI is InChI=1S/C12H15ClF2N2O/c1-17-2-3-18-9(7-17)6-16-12-10(13)4-8(14)5-11(12)15/h4-5,9,16H,2-3,6-7H2,1H3. The predicted molar refractivity (Wildman–Crippen MR) is 67.1 cm³/mol. The van der Waals surface area contributed by atoms with E-state index in [1.807, 2.05) is 7.05 Å². The second-order valence-corrected chi connectivity index (χ2v) is 4.79. The number of nitrogens with one attached hydrogen (secondary N) is 1. The lowest BCUT2D eigenvalue weighted by molar-refractivity contribution is -0.0117. The minimum atomic E-state index is -0.691. The van der Waals surface area contributed by atoms with Gasteiger partial charge in [0.15, 0.2) is 5.82 Å². The first-order chi connectivity index (χ1) is 8.56. The fraction of sp³-hybridized carbons (Fsp3) is 0.500. The van der Waals surface area contributed by atoms with E-state index in [9.17, 15) is 8.78 Å². The van der Waals surface area contributed by atoms with Crippen LogP contribution in [0.4, 0.5) is 14.5 Å². The van der Waals surface area contributed by atoms with Crippen molar-refractivity contribution in [3.8, 4) is 0 Å². The molecule has 0 amide bonds. The molecule has 1 N–H and O–H groups in total. The zero-order valence-corrected chi connectivity index (χ0v) is 10.8. The number of hydrogen-bond acceptors (Lipinski definition) is 3. The smallest absolute Gasteiger partial charge is 0.150 e. The molecule has 1 fully saturated rings. The minimum absolute atomic E-state index is 0.0238. The summed E-state index contributed by atoms with van der Waals surface area (Å²) in [7, 11) is 2.00. The van der Waals surface area contributed by atoms with Gasteiger partial charge in [0.1, 0.15) is 5.82 Å². The van der Waals surface area contributed by atoms with Gasteiger partial charge in [-0.05, 0) is 13.1 Å². The van der Waals surface area contributed by atoms with Crippen molar-refractivity contribution in [3.05, 3.63) is 28.8 Å². The normalized spacial score (nSPS) is 21.0. The number of nitrogens with zero attached hydrogens (tertiary/aromatic N) is 1. The van der Waals surface area contributed by atoms with Crippen LogP contribution in [0, 0.1) is 11.6 Å². The zero-order chi connectivity index (χ0) is 13.1. The van der Waals surface area contributed by atoms with E-state index in [0.29, 0.717) is 13.2 Å². The van der Waals surface area contributed by atoms with Gasteiger partial charge in [0.2, 0.25) is 0 Å². The van der Waals surface area contributed by atoms with Gasteiger partial charge in [-0.2, -0.15) is 0 Å². The van der Waals surface area contributed by atoms with Crippen molar-refractivity contribution in [2.24, 2.45) is 0 Å². The Bertz CT molecular complexity index is 408. The van der Waals surface area contributed by atoms with Crippen LogP contribution in [0.1, 0.15) is 0 Å². The minimum Gasteiger partial charge on any atom is -0.379 e. The first kappa shape index (κ1) is 13.5. The van der Waals surface area contributed by atoms with Crippen LogP contribution in [0.5, 0.6) is 0 Å². The Labute approximate surface area is 110 Å². The molecule has 0 saturated carbocycles. The number of halogens is 3. The third-order valence-electron chi connectivity index (χ3n) is 2.86. The number of benzene rings is 1. The first-order valence-electron chi connectivity index (χ1n) is 5.75. The Morgan fingerprint density at radius 2 is 2.28 bits per heavy atom. The number of rotatable bonds is 3. The van der Waals surface area contributed by atoms with Gasteiger partial charge in [-0.25, -0.2) is 8.78 Å². The molecule has 0 aromatic heterocycles. The van der Waals surface area contributed by atoms with Gasteiger partial charge < -0.3 is 15.0 Å². The first-order valence-corrected chi connectivity index (χ1v) is 6.12. The van der Waals surface area contributed by atoms with Gasteiger partial charge >= 0.3 is 0 Å². The highest BCUT2D eigenvalue weighted by Gasteiger charge is 2.18. The molecule has 0 bridgehead atoms. The van der Waals surface area contributed by atoms with E-state index in [1.54, 1.807) is 0 Å². The highest BCUT2D eigenvalue weighted by atomic mass is 35.5. The Hall–Kier alpha value is -0.910. The summed E-state index contributed by atoms with van der Waals surface area (Å²) >= 11 is 5.79.